The van der Waals surface area contributed by atoms with Gasteiger partial charge in [-0.15, -0.1) is 0 Å². The number of ether oxygens (including phenoxy) is 1. The van der Waals surface area contributed by atoms with E-state index in [2.05, 4.69) is 13.8 Å². The van der Waals surface area contributed by atoms with Crippen LogP contribution >= 0.6 is 15.2 Å². The molecule has 0 fully saturated rings. The van der Waals surface area contributed by atoms with Crippen molar-refractivity contribution < 1.29 is 37.5 Å². The predicted molar refractivity (Wildman–Crippen MR) is 211 cm³/mol. The second kappa shape index (κ2) is 35.8. The van der Waals surface area contributed by atoms with Gasteiger partial charge < -0.3 is 23.6 Å². The summed E-state index contributed by atoms with van der Waals surface area (Å²) in [5.74, 6) is -1.23. The molecule has 0 radical (unpaired) electrons. The van der Waals surface area contributed by atoms with Gasteiger partial charge in [-0.1, -0.05) is 206 Å². The van der Waals surface area contributed by atoms with Crippen LogP contribution in [0.2, 0.25) is 0 Å². The topological polar surface area (TPSA) is 119 Å². The molecule has 0 aliphatic rings. The van der Waals surface area contributed by atoms with Crippen LogP contribution in [0, 0.1) is 0 Å². The van der Waals surface area contributed by atoms with Crippen molar-refractivity contribution in [2.24, 2.45) is 0 Å². The number of carbonyl (C=O) groups is 1. The van der Waals surface area contributed by atoms with Gasteiger partial charge in [0, 0.05) is 0 Å². The molecule has 0 aromatic heterocycles. The number of rotatable bonds is 40. The van der Waals surface area contributed by atoms with Crippen LogP contribution in [0.5, 0.6) is 0 Å². The van der Waals surface area contributed by atoms with E-state index in [1.807, 2.05) is 0 Å². The Morgan fingerprint density at radius 3 is 0.860 bits per heavy atom. The van der Waals surface area contributed by atoms with E-state index >= 15 is 0 Å². The molecule has 0 rings (SSSR count). The van der Waals surface area contributed by atoms with Gasteiger partial charge in [0.15, 0.2) is 0 Å². The first-order valence-electron chi connectivity index (χ1n) is 21.3. The third-order valence-electron chi connectivity index (χ3n) is 9.66. The largest absolute Gasteiger partial charge is 0.465 e. The van der Waals surface area contributed by atoms with E-state index in [1.54, 1.807) is 0 Å². The van der Waals surface area contributed by atoms with Crippen molar-refractivity contribution in [1.82, 2.24) is 0 Å². The molecule has 0 aromatic carbocycles. The Morgan fingerprint density at radius 1 is 0.420 bits per heavy atom. The van der Waals surface area contributed by atoms with Crippen LogP contribution < -0.4 is 0 Å². The van der Waals surface area contributed by atoms with Crippen LogP contribution in [0.15, 0.2) is 0 Å². The Hall–Kier alpha value is -0.230. The number of carbonyl (C=O) groups excluding carboxylic acids is 1. The summed E-state index contributed by atoms with van der Waals surface area (Å²) in [4.78, 5) is 33.7. The SMILES string of the molecule is CCCCCCCCCCCCCCCCCCOP(=O)(O)C(C(=O)OCC)P(=O)(O)OCCCCCCCCCCCCCCCCCC. The van der Waals surface area contributed by atoms with E-state index in [4.69, 9.17) is 13.8 Å². The van der Waals surface area contributed by atoms with Crippen LogP contribution in [-0.4, -0.2) is 41.0 Å². The molecule has 0 amide bonds. The number of hydrogen-bond donors (Lipinski definition) is 2. The maximum atomic E-state index is 13.0. The molecule has 2 atom stereocenters. The fraction of sp³-hybridized carbons (Fsp3) is 0.975. The zero-order valence-corrected chi connectivity index (χ0v) is 34.9. The second-order valence-electron chi connectivity index (χ2n) is 14.5. The zero-order valence-electron chi connectivity index (χ0n) is 33.1. The maximum absolute atomic E-state index is 13.0. The van der Waals surface area contributed by atoms with Crippen molar-refractivity contribution in [2.45, 2.75) is 232 Å². The Labute approximate surface area is 309 Å². The van der Waals surface area contributed by atoms with Gasteiger partial charge in [0.2, 0.25) is 0 Å². The number of esters is 1. The Balaban J connectivity index is 4.08. The van der Waals surface area contributed by atoms with Crippen LogP contribution in [-0.2, 0) is 27.7 Å². The summed E-state index contributed by atoms with van der Waals surface area (Å²) < 4.78 is 41.4. The zero-order chi connectivity index (χ0) is 37.0. The molecule has 10 heteroatoms. The maximum Gasteiger partial charge on any atom is 0.354 e. The van der Waals surface area contributed by atoms with Crippen LogP contribution in [0.25, 0.3) is 0 Å². The van der Waals surface area contributed by atoms with Crippen molar-refractivity contribution >= 4 is 21.2 Å². The van der Waals surface area contributed by atoms with Crippen LogP contribution in [0.3, 0.4) is 0 Å². The first kappa shape index (κ1) is 49.8. The molecule has 0 spiro atoms. The molecule has 0 bridgehead atoms. The smallest absolute Gasteiger partial charge is 0.354 e. The normalized spacial score (nSPS) is 14.7. The van der Waals surface area contributed by atoms with Crippen molar-refractivity contribution in [3.8, 4) is 0 Å². The minimum absolute atomic E-state index is 0.0682. The van der Waals surface area contributed by atoms with Gasteiger partial charge in [-0.25, -0.2) is 0 Å². The average molecular weight is 753 g/mol. The lowest BCUT2D eigenvalue weighted by atomic mass is 10.0. The highest BCUT2D eigenvalue weighted by atomic mass is 31.2. The molecule has 0 heterocycles. The van der Waals surface area contributed by atoms with Gasteiger partial charge in [0.1, 0.15) is 0 Å². The van der Waals surface area contributed by atoms with E-state index in [1.165, 1.54) is 161 Å². The fourth-order valence-electron chi connectivity index (χ4n) is 6.50. The standard InChI is InChI=1S/C40H82O8P2/c1-4-7-9-11-13-15-17-19-21-23-25-27-29-31-33-35-37-47-49(42,43)40(39(41)46-6-3)50(44,45)48-38-36-34-32-30-28-26-24-22-20-18-16-14-12-10-8-5-2/h40H,4-38H2,1-3H3,(H,42,43)(H,44,45). The molecule has 0 aromatic rings. The van der Waals surface area contributed by atoms with Crippen LogP contribution in [0.1, 0.15) is 226 Å². The summed E-state index contributed by atoms with van der Waals surface area (Å²) in [6, 6.07) is 0. The summed E-state index contributed by atoms with van der Waals surface area (Å²) >= 11 is 0. The first-order chi connectivity index (χ1) is 24.2. The second-order valence-corrected chi connectivity index (χ2v) is 18.7. The monoisotopic (exact) mass is 753 g/mol. The van der Waals surface area contributed by atoms with Gasteiger partial charge in [0.25, 0.3) is 5.40 Å². The highest BCUT2D eigenvalue weighted by Crippen LogP contribution is 2.65. The van der Waals surface area contributed by atoms with Gasteiger partial charge >= 0.3 is 21.2 Å². The van der Waals surface area contributed by atoms with E-state index in [-0.39, 0.29) is 19.8 Å². The molecule has 0 aliphatic heterocycles. The Bertz CT molecular complexity index is 782. The van der Waals surface area contributed by atoms with Gasteiger partial charge in [-0.05, 0) is 19.8 Å². The molecule has 50 heavy (non-hydrogen) atoms. The lowest BCUT2D eigenvalue weighted by Gasteiger charge is -2.24. The van der Waals surface area contributed by atoms with Crippen LogP contribution in [0.4, 0.5) is 0 Å². The minimum Gasteiger partial charge on any atom is -0.465 e. The summed E-state index contributed by atoms with van der Waals surface area (Å²) in [6.45, 7) is 5.82. The average Bonchev–Trinajstić information content (AvgIpc) is 3.07. The van der Waals surface area contributed by atoms with Crippen molar-refractivity contribution in [3.05, 3.63) is 0 Å². The summed E-state index contributed by atoms with van der Waals surface area (Å²) in [6.07, 6.45) is 38.8. The van der Waals surface area contributed by atoms with E-state index < -0.39 is 26.6 Å². The molecular formula is C40H82O8P2. The van der Waals surface area contributed by atoms with Crippen molar-refractivity contribution in [2.75, 3.05) is 19.8 Å². The van der Waals surface area contributed by atoms with Gasteiger partial charge in [-0.2, -0.15) is 0 Å². The third-order valence-corrected chi connectivity index (χ3v) is 14.2. The quantitative estimate of drug-likeness (QED) is 0.0361. The highest BCUT2D eigenvalue weighted by molar-refractivity contribution is 7.73. The minimum atomic E-state index is -4.81. The number of unbranched alkanes of at least 4 members (excludes halogenated alkanes) is 30. The van der Waals surface area contributed by atoms with E-state index in [0.717, 1.165) is 38.5 Å². The molecule has 8 nitrogen and oxygen atoms in total. The third kappa shape index (κ3) is 30.3. The molecule has 0 saturated heterocycles. The number of hydrogen-bond acceptors (Lipinski definition) is 6. The Morgan fingerprint density at radius 2 is 0.640 bits per heavy atom. The fourth-order valence-corrected chi connectivity index (χ4v) is 10.1. The molecule has 300 valence electrons. The summed E-state index contributed by atoms with van der Waals surface area (Å²) in [7, 11) is -9.61. The highest BCUT2D eigenvalue weighted by Gasteiger charge is 2.54. The molecular weight excluding hydrogens is 670 g/mol. The molecule has 2 N–H and O–H groups in total. The lowest BCUT2D eigenvalue weighted by Crippen LogP contribution is -2.26. The van der Waals surface area contributed by atoms with Crippen molar-refractivity contribution in [3.63, 3.8) is 0 Å². The van der Waals surface area contributed by atoms with Gasteiger partial charge in [-0.3, -0.25) is 13.9 Å². The first-order valence-corrected chi connectivity index (χ1v) is 24.6. The van der Waals surface area contributed by atoms with Crippen molar-refractivity contribution in [1.29, 1.82) is 0 Å². The molecule has 0 saturated carbocycles. The summed E-state index contributed by atoms with van der Waals surface area (Å²) in [5, 5.41) is -2.25. The molecule has 2 unspecified atom stereocenters. The van der Waals surface area contributed by atoms with Gasteiger partial charge in [0.05, 0.1) is 19.8 Å². The van der Waals surface area contributed by atoms with E-state index in [9.17, 15) is 23.7 Å². The predicted octanol–water partition coefficient (Wildman–Crippen LogP) is 13.8. The molecule has 0 aliphatic carbocycles. The van der Waals surface area contributed by atoms with E-state index in [0.29, 0.717) is 12.8 Å². The lowest BCUT2D eigenvalue weighted by molar-refractivity contribution is -0.141. The Kier molecular flexibility index (Phi) is 35.6. The summed E-state index contributed by atoms with van der Waals surface area (Å²) in [5.41, 5.74) is 0.